The smallest absolute Gasteiger partial charge is 0.283 e. The van der Waals surface area contributed by atoms with Crippen LogP contribution in [0.4, 0.5) is 0 Å². The minimum atomic E-state index is -0.374. The summed E-state index contributed by atoms with van der Waals surface area (Å²) >= 11 is 0. The van der Waals surface area contributed by atoms with Crippen LogP contribution in [0.25, 0.3) is 11.1 Å². The summed E-state index contributed by atoms with van der Waals surface area (Å²) in [7, 11) is 0. The Morgan fingerprint density at radius 1 is 1.17 bits per heavy atom. The first-order valence-electron chi connectivity index (χ1n) is 7.91. The molecule has 1 unspecified atom stereocenters. The molecule has 4 rings (SSSR count). The Balaban J connectivity index is 1.78. The number of aromatic nitrogens is 2. The molecule has 0 saturated carbocycles. The summed E-state index contributed by atoms with van der Waals surface area (Å²) in [6.07, 6.45) is 8.02. The SMILES string of the molecule is CC1(C)OC(N)=NC12CCc1c(cccc1-c1cncnc1)C2. The number of ether oxygens (including phenoxy) is 1. The van der Waals surface area contributed by atoms with Crippen LogP contribution in [0.15, 0.2) is 41.9 Å². The summed E-state index contributed by atoms with van der Waals surface area (Å²) in [5.41, 5.74) is 10.2. The number of fused-ring (bicyclic) bond motifs is 1. The van der Waals surface area contributed by atoms with Gasteiger partial charge in [-0.3, -0.25) is 0 Å². The molecule has 0 fully saturated rings. The fraction of sp³-hybridized carbons (Fsp3) is 0.389. The molecule has 1 atom stereocenters. The Morgan fingerprint density at radius 3 is 2.65 bits per heavy atom. The fourth-order valence-electron chi connectivity index (χ4n) is 3.87. The van der Waals surface area contributed by atoms with Crippen LogP contribution in [0.1, 0.15) is 31.4 Å². The molecule has 5 nitrogen and oxygen atoms in total. The zero-order chi connectivity index (χ0) is 16.1. The first-order valence-corrected chi connectivity index (χ1v) is 7.91. The van der Waals surface area contributed by atoms with Gasteiger partial charge >= 0.3 is 0 Å². The van der Waals surface area contributed by atoms with Crippen LogP contribution in [-0.2, 0) is 17.6 Å². The molecule has 23 heavy (non-hydrogen) atoms. The van der Waals surface area contributed by atoms with Crippen molar-refractivity contribution < 1.29 is 4.74 Å². The third kappa shape index (κ3) is 2.11. The summed E-state index contributed by atoms with van der Waals surface area (Å²) in [5.74, 6) is 0. The van der Waals surface area contributed by atoms with Crippen LogP contribution in [0.5, 0.6) is 0 Å². The topological polar surface area (TPSA) is 73.4 Å². The van der Waals surface area contributed by atoms with E-state index in [4.69, 9.17) is 10.5 Å². The summed E-state index contributed by atoms with van der Waals surface area (Å²) in [6, 6.07) is 6.73. The van der Waals surface area contributed by atoms with Crippen molar-refractivity contribution in [2.24, 2.45) is 10.7 Å². The van der Waals surface area contributed by atoms with Crippen molar-refractivity contribution in [2.45, 2.75) is 44.2 Å². The van der Waals surface area contributed by atoms with Gasteiger partial charge in [-0.05, 0) is 43.4 Å². The van der Waals surface area contributed by atoms with E-state index in [2.05, 4.69) is 47.0 Å². The summed E-state index contributed by atoms with van der Waals surface area (Å²) < 4.78 is 5.78. The van der Waals surface area contributed by atoms with Crippen LogP contribution in [-0.4, -0.2) is 27.1 Å². The standard InChI is InChI=1S/C18H20N4O/c1-17(2)18(22-16(19)23-17)7-6-15-12(8-18)4-3-5-14(15)13-9-20-11-21-10-13/h3-5,9-11H,6-8H2,1-2H3,(H2,19,22). The van der Waals surface area contributed by atoms with E-state index >= 15 is 0 Å². The third-order valence-electron chi connectivity index (χ3n) is 5.22. The van der Waals surface area contributed by atoms with Gasteiger partial charge in [0.25, 0.3) is 6.02 Å². The van der Waals surface area contributed by atoms with E-state index < -0.39 is 0 Å². The first-order chi connectivity index (χ1) is 11.0. The van der Waals surface area contributed by atoms with Crippen LogP contribution < -0.4 is 5.73 Å². The normalized spacial score (nSPS) is 24.9. The lowest BCUT2D eigenvalue weighted by atomic mass is 9.69. The molecule has 0 bridgehead atoms. The number of hydrogen-bond acceptors (Lipinski definition) is 5. The number of aliphatic imine (C=N–C) groups is 1. The summed E-state index contributed by atoms with van der Waals surface area (Å²) in [6.45, 7) is 4.16. The quantitative estimate of drug-likeness (QED) is 0.878. The van der Waals surface area contributed by atoms with Crippen molar-refractivity contribution in [3.8, 4) is 11.1 Å². The second kappa shape index (κ2) is 4.78. The molecule has 1 aromatic heterocycles. The molecule has 1 aromatic carbocycles. The minimum Gasteiger partial charge on any atom is -0.457 e. The maximum atomic E-state index is 5.87. The van der Waals surface area contributed by atoms with E-state index in [1.807, 2.05) is 12.4 Å². The van der Waals surface area contributed by atoms with Crippen molar-refractivity contribution in [3.05, 3.63) is 48.0 Å². The maximum Gasteiger partial charge on any atom is 0.283 e. The molecule has 1 spiro atoms. The zero-order valence-electron chi connectivity index (χ0n) is 13.4. The van der Waals surface area contributed by atoms with Gasteiger partial charge in [-0.1, -0.05) is 18.2 Å². The first kappa shape index (κ1) is 14.2. The molecule has 1 aliphatic heterocycles. The Kier molecular flexibility index (Phi) is 2.95. The number of amidine groups is 1. The van der Waals surface area contributed by atoms with Gasteiger partial charge in [-0.25, -0.2) is 15.0 Å². The van der Waals surface area contributed by atoms with E-state index in [1.165, 1.54) is 16.7 Å². The van der Waals surface area contributed by atoms with Gasteiger partial charge in [0, 0.05) is 24.4 Å². The van der Waals surface area contributed by atoms with E-state index in [9.17, 15) is 0 Å². The Morgan fingerprint density at radius 2 is 1.96 bits per heavy atom. The molecule has 2 N–H and O–H groups in total. The van der Waals surface area contributed by atoms with Crippen LogP contribution in [0.2, 0.25) is 0 Å². The number of benzene rings is 1. The van der Waals surface area contributed by atoms with Gasteiger partial charge in [-0.2, -0.15) is 0 Å². The molecular formula is C18H20N4O. The lowest BCUT2D eigenvalue weighted by Gasteiger charge is -2.41. The zero-order valence-corrected chi connectivity index (χ0v) is 13.4. The lowest BCUT2D eigenvalue weighted by Crippen LogP contribution is -2.50. The van der Waals surface area contributed by atoms with Gasteiger partial charge in [0.1, 0.15) is 17.5 Å². The highest BCUT2D eigenvalue weighted by molar-refractivity contribution is 5.75. The highest BCUT2D eigenvalue weighted by Crippen LogP contribution is 2.45. The second-order valence-electron chi connectivity index (χ2n) is 6.84. The molecule has 0 amide bonds. The maximum absolute atomic E-state index is 5.87. The molecule has 2 heterocycles. The lowest BCUT2D eigenvalue weighted by molar-refractivity contribution is 0.0357. The van der Waals surface area contributed by atoms with Crippen molar-refractivity contribution in [2.75, 3.05) is 0 Å². The Hall–Kier alpha value is -2.43. The number of nitrogens with zero attached hydrogens (tertiary/aromatic N) is 3. The molecule has 118 valence electrons. The molecular weight excluding hydrogens is 288 g/mol. The minimum absolute atomic E-state index is 0.268. The van der Waals surface area contributed by atoms with Gasteiger partial charge < -0.3 is 10.5 Å². The summed E-state index contributed by atoms with van der Waals surface area (Å²) in [4.78, 5) is 13.0. The van der Waals surface area contributed by atoms with Crippen LogP contribution in [0.3, 0.4) is 0 Å². The summed E-state index contributed by atoms with van der Waals surface area (Å²) in [5, 5.41) is 0. The van der Waals surface area contributed by atoms with E-state index in [0.717, 1.165) is 24.8 Å². The van der Waals surface area contributed by atoms with E-state index in [1.54, 1.807) is 6.33 Å². The van der Waals surface area contributed by atoms with Gasteiger partial charge in [-0.15, -0.1) is 0 Å². The van der Waals surface area contributed by atoms with Crippen molar-refractivity contribution in [1.29, 1.82) is 0 Å². The average molecular weight is 308 g/mol. The molecule has 2 aliphatic rings. The van der Waals surface area contributed by atoms with E-state index in [0.29, 0.717) is 6.02 Å². The predicted octanol–water partition coefficient (Wildman–Crippen LogP) is 2.49. The second-order valence-corrected chi connectivity index (χ2v) is 6.84. The highest BCUT2D eigenvalue weighted by atomic mass is 16.5. The average Bonchev–Trinajstić information content (AvgIpc) is 2.75. The molecule has 2 aromatic rings. The molecule has 5 heteroatoms. The van der Waals surface area contributed by atoms with Gasteiger partial charge in [0.05, 0.1) is 0 Å². The predicted molar refractivity (Wildman–Crippen MR) is 89.0 cm³/mol. The Labute approximate surface area is 135 Å². The van der Waals surface area contributed by atoms with Gasteiger partial charge in [0.15, 0.2) is 0 Å². The number of rotatable bonds is 1. The fourth-order valence-corrected chi connectivity index (χ4v) is 3.87. The number of hydrogen-bond donors (Lipinski definition) is 1. The molecule has 0 radical (unpaired) electrons. The number of nitrogens with two attached hydrogens (primary N) is 1. The van der Waals surface area contributed by atoms with Crippen LogP contribution >= 0.6 is 0 Å². The monoisotopic (exact) mass is 308 g/mol. The third-order valence-corrected chi connectivity index (χ3v) is 5.22. The molecule has 0 saturated heterocycles. The van der Waals surface area contributed by atoms with Crippen molar-refractivity contribution >= 4 is 6.02 Å². The van der Waals surface area contributed by atoms with Crippen molar-refractivity contribution in [1.82, 2.24) is 9.97 Å². The Bertz CT molecular complexity index is 785. The van der Waals surface area contributed by atoms with E-state index in [-0.39, 0.29) is 11.1 Å². The molecule has 1 aliphatic carbocycles. The van der Waals surface area contributed by atoms with Crippen LogP contribution in [0, 0.1) is 0 Å². The van der Waals surface area contributed by atoms with Gasteiger partial charge in [0.2, 0.25) is 0 Å². The van der Waals surface area contributed by atoms with Crippen molar-refractivity contribution in [3.63, 3.8) is 0 Å². The largest absolute Gasteiger partial charge is 0.457 e. The highest BCUT2D eigenvalue weighted by Gasteiger charge is 2.53.